The molecule has 1 N–H and O–H groups in total. The van der Waals surface area contributed by atoms with Gasteiger partial charge in [-0.1, -0.05) is 11.6 Å². The van der Waals surface area contributed by atoms with E-state index in [1.165, 1.54) is 0 Å². The van der Waals surface area contributed by atoms with Crippen LogP contribution in [0.2, 0.25) is 5.02 Å². The maximum Gasteiger partial charge on any atom is 0.330 e. The van der Waals surface area contributed by atoms with Crippen molar-refractivity contribution >= 4 is 23.5 Å². The molecule has 122 valence electrons. The van der Waals surface area contributed by atoms with Crippen LogP contribution >= 0.6 is 11.6 Å². The smallest absolute Gasteiger partial charge is 0.330 e. The highest BCUT2D eigenvalue weighted by Crippen LogP contribution is 2.16. The lowest BCUT2D eigenvalue weighted by molar-refractivity contribution is -0.149. The normalized spacial score (nSPS) is 10.6. The zero-order valence-corrected chi connectivity index (χ0v) is 13.4. The maximum absolute atomic E-state index is 11.6. The first kappa shape index (κ1) is 16.9. The molecule has 1 aromatic heterocycles. The molecule has 0 spiro atoms. The first-order valence-corrected chi connectivity index (χ1v) is 7.30. The van der Waals surface area contributed by atoms with Gasteiger partial charge < -0.3 is 10.1 Å². The van der Waals surface area contributed by atoms with Crippen LogP contribution in [-0.4, -0.2) is 44.7 Å². The molecule has 9 heteroatoms. The zero-order chi connectivity index (χ0) is 16.8. The van der Waals surface area contributed by atoms with E-state index in [0.29, 0.717) is 10.8 Å². The lowest BCUT2D eigenvalue weighted by Crippen LogP contribution is -2.34. The Balaban J connectivity index is 1.87. The fourth-order valence-corrected chi connectivity index (χ4v) is 1.82. The van der Waals surface area contributed by atoms with E-state index in [1.807, 2.05) is 13.8 Å². The first-order valence-electron chi connectivity index (χ1n) is 6.93. The third kappa shape index (κ3) is 5.33. The van der Waals surface area contributed by atoms with E-state index in [1.54, 1.807) is 24.3 Å². The molecule has 0 saturated heterocycles. The van der Waals surface area contributed by atoms with Crippen molar-refractivity contribution in [2.45, 2.75) is 26.4 Å². The molecule has 2 rings (SSSR count). The number of hydrogen-bond acceptors (Lipinski definition) is 6. The van der Waals surface area contributed by atoms with Crippen LogP contribution in [0.5, 0.6) is 0 Å². The zero-order valence-electron chi connectivity index (χ0n) is 12.7. The minimum atomic E-state index is -0.621. The second kappa shape index (κ2) is 7.68. The van der Waals surface area contributed by atoms with Gasteiger partial charge in [0, 0.05) is 16.6 Å². The molecule has 2 aromatic rings. The quantitative estimate of drug-likeness (QED) is 0.791. The van der Waals surface area contributed by atoms with Gasteiger partial charge >= 0.3 is 5.97 Å². The van der Waals surface area contributed by atoms with E-state index in [4.69, 9.17) is 16.3 Å². The summed E-state index contributed by atoms with van der Waals surface area (Å²) in [6.45, 7) is 3.07. The van der Waals surface area contributed by atoms with Gasteiger partial charge in [0.15, 0.2) is 13.2 Å². The Kier molecular flexibility index (Phi) is 5.64. The summed E-state index contributed by atoms with van der Waals surface area (Å²) in [5.41, 5.74) is 0.727. The number of carbonyl (C=O) groups excluding carboxylic acids is 2. The van der Waals surface area contributed by atoms with Crippen molar-refractivity contribution in [3.8, 4) is 11.4 Å². The van der Waals surface area contributed by atoms with Gasteiger partial charge in [-0.15, -0.1) is 10.2 Å². The van der Waals surface area contributed by atoms with Gasteiger partial charge in [0.1, 0.15) is 0 Å². The number of aromatic nitrogens is 4. The summed E-state index contributed by atoms with van der Waals surface area (Å²) in [5, 5.41) is 14.9. The molecule has 1 heterocycles. The molecule has 0 atom stereocenters. The second-order valence-corrected chi connectivity index (χ2v) is 5.47. The van der Waals surface area contributed by atoms with E-state index in [9.17, 15) is 9.59 Å². The fourth-order valence-electron chi connectivity index (χ4n) is 1.70. The highest BCUT2D eigenvalue weighted by Gasteiger charge is 2.12. The van der Waals surface area contributed by atoms with Gasteiger partial charge in [0.25, 0.3) is 5.91 Å². The van der Waals surface area contributed by atoms with E-state index in [2.05, 4.69) is 20.7 Å². The molecule has 0 aliphatic carbocycles. The number of tetrazole rings is 1. The molecule has 0 radical (unpaired) electrons. The maximum atomic E-state index is 11.6. The van der Waals surface area contributed by atoms with Gasteiger partial charge in [0.2, 0.25) is 5.82 Å². The molecule has 8 nitrogen and oxygen atoms in total. The number of carbonyl (C=O) groups is 2. The van der Waals surface area contributed by atoms with Crippen LogP contribution in [0.3, 0.4) is 0 Å². The van der Waals surface area contributed by atoms with Crippen LogP contribution < -0.4 is 5.32 Å². The van der Waals surface area contributed by atoms with Gasteiger partial charge in [0.05, 0.1) is 0 Å². The molecule has 0 bridgehead atoms. The van der Waals surface area contributed by atoms with Crippen molar-refractivity contribution in [2.24, 2.45) is 0 Å². The molecular weight excluding hydrogens is 322 g/mol. The molecule has 0 saturated carbocycles. The van der Waals surface area contributed by atoms with Gasteiger partial charge in [-0.25, -0.2) is 4.79 Å². The Labute approximate surface area is 137 Å². The van der Waals surface area contributed by atoms with Crippen LogP contribution in [0.1, 0.15) is 13.8 Å². The summed E-state index contributed by atoms with van der Waals surface area (Å²) in [7, 11) is 0. The Morgan fingerprint density at radius 1 is 1.30 bits per heavy atom. The standard InChI is InChI=1S/C14H16ClN5O3/c1-9(2)16-12(21)8-23-13(22)7-20-18-14(17-19-20)10-3-5-11(15)6-4-10/h3-6,9H,7-8H2,1-2H3,(H,16,21). The van der Waals surface area contributed by atoms with E-state index in [-0.39, 0.29) is 25.1 Å². The molecule has 0 fully saturated rings. The molecule has 1 amide bonds. The number of ether oxygens (including phenoxy) is 1. The Morgan fingerprint density at radius 3 is 2.65 bits per heavy atom. The van der Waals surface area contributed by atoms with Crippen molar-refractivity contribution in [3.05, 3.63) is 29.3 Å². The topological polar surface area (TPSA) is 99.0 Å². The van der Waals surface area contributed by atoms with Crippen LogP contribution in [0, 0.1) is 0 Å². The molecule has 0 aliphatic rings. The van der Waals surface area contributed by atoms with Crippen molar-refractivity contribution in [3.63, 3.8) is 0 Å². The van der Waals surface area contributed by atoms with Gasteiger partial charge in [-0.3, -0.25) is 4.79 Å². The third-order valence-electron chi connectivity index (χ3n) is 2.64. The predicted molar refractivity (Wildman–Crippen MR) is 82.5 cm³/mol. The Bertz CT molecular complexity index is 684. The monoisotopic (exact) mass is 337 g/mol. The average molecular weight is 338 g/mol. The molecular formula is C14H16ClN5O3. The molecule has 0 unspecified atom stereocenters. The van der Waals surface area contributed by atoms with Crippen LogP contribution in [0.25, 0.3) is 11.4 Å². The fraction of sp³-hybridized carbons (Fsp3) is 0.357. The Hall–Kier alpha value is -2.48. The number of hydrogen-bond donors (Lipinski definition) is 1. The average Bonchev–Trinajstić information content (AvgIpc) is 2.93. The lowest BCUT2D eigenvalue weighted by atomic mass is 10.2. The number of halogens is 1. The number of nitrogens with zero attached hydrogens (tertiary/aromatic N) is 4. The second-order valence-electron chi connectivity index (χ2n) is 5.03. The summed E-state index contributed by atoms with van der Waals surface area (Å²) >= 11 is 5.81. The number of esters is 1. The van der Waals surface area contributed by atoms with E-state index in [0.717, 1.165) is 10.4 Å². The first-order chi connectivity index (χ1) is 10.9. The van der Waals surface area contributed by atoms with Crippen molar-refractivity contribution in [1.29, 1.82) is 0 Å². The summed E-state index contributed by atoms with van der Waals surface area (Å²) in [5.74, 6) is -0.613. The molecule has 0 aliphatic heterocycles. The predicted octanol–water partition coefficient (Wildman–Crippen LogP) is 1.06. The largest absolute Gasteiger partial charge is 0.454 e. The van der Waals surface area contributed by atoms with Crippen LogP contribution in [0.4, 0.5) is 0 Å². The van der Waals surface area contributed by atoms with Crippen LogP contribution in [0.15, 0.2) is 24.3 Å². The third-order valence-corrected chi connectivity index (χ3v) is 2.89. The number of nitrogens with one attached hydrogen (secondary N) is 1. The summed E-state index contributed by atoms with van der Waals surface area (Å²) in [6.07, 6.45) is 0. The summed E-state index contributed by atoms with van der Waals surface area (Å²) < 4.78 is 4.84. The van der Waals surface area contributed by atoms with Crippen molar-refractivity contribution in [2.75, 3.05) is 6.61 Å². The number of amides is 1. The minimum Gasteiger partial charge on any atom is -0.454 e. The number of benzene rings is 1. The van der Waals surface area contributed by atoms with Gasteiger partial charge in [-0.2, -0.15) is 4.80 Å². The Morgan fingerprint density at radius 2 is 2.00 bits per heavy atom. The summed E-state index contributed by atoms with van der Waals surface area (Å²) in [6, 6.07) is 6.90. The lowest BCUT2D eigenvalue weighted by Gasteiger charge is -2.08. The molecule has 1 aromatic carbocycles. The van der Waals surface area contributed by atoms with Crippen LogP contribution in [-0.2, 0) is 20.9 Å². The highest BCUT2D eigenvalue weighted by molar-refractivity contribution is 6.30. The SMILES string of the molecule is CC(C)NC(=O)COC(=O)Cn1nnc(-c2ccc(Cl)cc2)n1. The van der Waals surface area contributed by atoms with Crippen molar-refractivity contribution in [1.82, 2.24) is 25.5 Å². The van der Waals surface area contributed by atoms with E-state index >= 15 is 0 Å². The molecule has 23 heavy (non-hydrogen) atoms. The highest BCUT2D eigenvalue weighted by atomic mass is 35.5. The van der Waals surface area contributed by atoms with Gasteiger partial charge in [-0.05, 0) is 43.3 Å². The minimum absolute atomic E-state index is 0.0138. The van der Waals surface area contributed by atoms with E-state index < -0.39 is 5.97 Å². The number of rotatable bonds is 6. The van der Waals surface area contributed by atoms with Crippen molar-refractivity contribution < 1.29 is 14.3 Å². The summed E-state index contributed by atoms with van der Waals surface area (Å²) in [4.78, 5) is 24.1.